The number of nitrogens with zero attached hydrogens (tertiary/aromatic N) is 1. The Balaban J connectivity index is 1.53. The van der Waals surface area contributed by atoms with Gasteiger partial charge >= 0.3 is 0 Å². The number of amides is 3. The first kappa shape index (κ1) is 27.3. The van der Waals surface area contributed by atoms with Crippen molar-refractivity contribution in [2.45, 2.75) is 94.9 Å². The molecule has 0 radical (unpaired) electrons. The third kappa shape index (κ3) is 6.22. The Labute approximate surface area is 228 Å². The van der Waals surface area contributed by atoms with Crippen molar-refractivity contribution in [2.24, 2.45) is 5.92 Å². The largest absolute Gasteiger partial charge is 0.347 e. The van der Waals surface area contributed by atoms with E-state index in [-0.39, 0.29) is 35.7 Å². The van der Waals surface area contributed by atoms with Crippen LogP contribution in [-0.2, 0) is 20.8 Å². The molecule has 8 nitrogen and oxygen atoms in total. The number of carbonyl (C=O) groups excluding carboxylic acids is 3. The van der Waals surface area contributed by atoms with Crippen molar-refractivity contribution in [1.29, 1.82) is 0 Å². The number of benzene rings is 1. The summed E-state index contributed by atoms with van der Waals surface area (Å²) in [4.78, 5) is 42.2. The van der Waals surface area contributed by atoms with Gasteiger partial charge in [0.1, 0.15) is 12.1 Å². The second-order valence-corrected chi connectivity index (χ2v) is 11.2. The van der Waals surface area contributed by atoms with E-state index in [0.29, 0.717) is 13.0 Å². The lowest BCUT2D eigenvalue weighted by molar-refractivity contribution is -0.143. The molecule has 3 aliphatic rings. The van der Waals surface area contributed by atoms with E-state index in [2.05, 4.69) is 54.5 Å². The van der Waals surface area contributed by atoms with Crippen LogP contribution in [0.25, 0.3) is 0 Å². The maximum Gasteiger partial charge on any atom is 0.246 e. The van der Waals surface area contributed by atoms with Gasteiger partial charge in [-0.2, -0.15) is 0 Å². The summed E-state index contributed by atoms with van der Waals surface area (Å²) in [6.45, 7) is 2.25. The molecule has 1 aliphatic heterocycles. The second kappa shape index (κ2) is 12.7. The summed E-state index contributed by atoms with van der Waals surface area (Å²) in [6.07, 6.45) is 8.66. The van der Waals surface area contributed by atoms with Crippen molar-refractivity contribution in [3.8, 4) is 0 Å². The molecule has 1 aromatic carbocycles. The van der Waals surface area contributed by atoms with E-state index in [1.54, 1.807) is 18.9 Å². The van der Waals surface area contributed by atoms with Gasteiger partial charge in [-0.1, -0.05) is 43.5 Å². The van der Waals surface area contributed by atoms with Crippen LogP contribution in [0.4, 0.5) is 0 Å². The van der Waals surface area contributed by atoms with Crippen LogP contribution >= 0.6 is 22.9 Å². The highest BCUT2D eigenvalue weighted by atomic mass is 127. The zero-order chi connectivity index (χ0) is 25.7. The summed E-state index contributed by atoms with van der Waals surface area (Å²) < 4.78 is 3.24. The lowest BCUT2D eigenvalue weighted by Crippen LogP contribution is -2.58. The Hall–Kier alpha value is -1.72. The fourth-order valence-corrected chi connectivity index (χ4v) is 6.47. The summed E-state index contributed by atoms with van der Waals surface area (Å²) >= 11 is 2.11. The third-order valence-corrected chi connectivity index (χ3v) is 9.12. The van der Waals surface area contributed by atoms with E-state index in [1.165, 1.54) is 11.1 Å². The number of likely N-dealkylation sites (N-methyl/N-ethyl adjacent to an activating group) is 1. The number of rotatable bonds is 8. The summed E-state index contributed by atoms with van der Waals surface area (Å²) in [5, 5.41) is 9.29. The lowest BCUT2D eigenvalue weighted by atomic mass is 9.83. The van der Waals surface area contributed by atoms with Gasteiger partial charge in [0.05, 0.1) is 12.1 Å². The molecule has 3 amide bonds. The molecule has 1 saturated heterocycles. The van der Waals surface area contributed by atoms with E-state index in [9.17, 15) is 14.4 Å². The van der Waals surface area contributed by atoms with Gasteiger partial charge in [-0.05, 0) is 69.5 Å². The third-order valence-electron chi connectivity index (χ3n) is 8.24. The van der Waals surface area contributed by atoms with Crippen molar-refractivity contribution in [3.05, 3.63) is 35.4 Å². The molecule has 0 bridgehead atoms. The topological polar surface area (TPSA) is 103 Å². The van der Waals surface area contributed by atoms with E-state index < -0.39 is 18.1 Å². The molecule has 1 saturated carbocycles. The normalized spacial score (nSPS) is 26.1. The van der Waals surface area contributed by atoms with Crippen molar-refractivity contribution in [1.82, 2.24) is 24.4 Å². The van der Waals surface area contributed by atoms with Gasteiger partial charge < -0.3 is 20.9 Å². The molecule has 2 fully saturated rings. The Morgan fingerprint density at radius 1 is 1.06 bits per heavy atom. The molecule has 0 unspecified atom stereocenters. The van der Waals surface area contributed by atoms with Crippen LogP contribution in [0.3, 0.4) is 0 Å². The molecule has 4 N–H and O–H groups in total. The van der Waals surface area contributed by atoms with Crippen LogP contribution in [-0.4, -0.2) is 60.4 Å². The molecule has 0 aromatic heterocycles. The van der Waals surface area contributed by atoms with Gasteiger partial charge in [-0.15, -0.1) is 0 Å². The molecular weight excluding hydrogens is 569 g/mol. The molecule has 2 aliphatic carbocycles. The minimum absolute atomic E-state index is 0.0304. The zero-order valence-corrected chi connectivity index (χ0v) is 23.6. The second-order valence-electron chi connectivity index (χ2n) is 10.6. The minimum Gasteiger partial charge on any atom is -0.347 e. The van der Waals surface area contributed by atoms with Crippen LogP contribution < -0.4 is 19.5 Å². The predicted octanol–water partition coefficient (Wildman–Crippen LogP) is 2.76. The van der Waals surface area contributed by atoms with Gasteiger partial charge in [0.2, 0.25) is 17.7 Å². The predicted molar refractivity (Wildman–Crippen MR) is 148 cm³/mol. The quantitative estimate of drug-likeness (QED) is 0.268. The minimum atomic E-state index is -0.604. The standard InChI is InChI=1S/C27H40IN5O3/c1-17(29-2)25(34)31-24(19-10-4-3-5-11-19)27(36)33-16-20(32-28)15-23(33)26(35)30-22-14-8-12-18-9-6-7-13-21(18)22/h6-7,9,13,17,19-20,22-24,29,32H,3-5,8,10-12,14-16H2,1-2H3,(H,30,35)(H,31,34)/t17-,20-,22-,23-,24-/m0/s1. The highest BCUT2D eigenvalue weighted by Crippen LogP contribution is 2.32. The fourth-order valence-electron chi connectivity index (χ4n) is 6.02. The molecular formula is C27H40IN5O3. The number of halogens is 1. The van der Waals surface area contributed by atoms with E-state index in [0.717, 1.165) is 51.4 Å². The van der Waals surface area contributed by atoms with E-state index >= 15 is 0 Å². The number of hydrogen-bond donors (Lipinski definition) is 4. The monoisotopic (exact) mass is 609 g/mol. The van der Waals surface area contributed by atoms with Crippen molar-refractivity contribution in [2.75, 3.05) is 13.6 Å². The van der Waals surface area contributed by atoms with Crippen molar-refractivity contribution < 1.29 is 14.4 Å². The Morgan fingerprint density at radius 2 is 1.81 bits per heavy atom. The highest BCUT2D eigenvalue weighted by Gasteiger charge is 2.44. The van der Waals surface area contributed by atoms with E-state index in [4.69, 9.17) is 0 Å². The molecule has 36 heavy (non-hydrogen) atoms. The Bertz CT molecular complexity index is 938. The first-order chi connectivity index (χ1) is 17.4. The van der Waals surface area contributed by atoms with Crippen LogP contribution in [0, 0.1) is 5.92 Å². The smallest absolute Gasteiger partial charge is 0.246 e. The molecule has 5 atom stereocenters. The zero-order valence-electron chi connectivity index (χ0n) is 21.4. The molecule has 9 heteroatoms. The van der Waals surface area contributed by atoms with Crippen LogP contribution in [0.15, 0.2) is 24.3 Å². The summed E-state index contributed by atoms with van der Waals surface area (Å²) in [6, 6.07) is 6.76. The van der Waals surface area contributed by atoms with Gasteiger partial charge in [0.15, 0.2) is 0 Å². The summed E-state index contributed by atoms with van der Waals surface area (Å²) in [7, 11) is 1.74. The van der Waals surface area contributed by atoms with Crippen LogP contribution in [0.2, 0.25) is 0 Å². The summed E-state index contributed by atoms with van der Waals surface area (Å²) in [5.41, 5.74) is 2.48. The molecule has 1 aromatic rings. The number of carbonyl (C=O) groups is 3. The number of aryl methyl sites for hydroxylation is 1. The number of fused-ring (bicyclic) bond motifs is 1. The number of nitrogens with one attached hydrogen (secondary N) is 4. The fraction of sp³-hybridized carbons (Fsp3) is 0.667. The van der Waals surface area contributed by atoms with Gasteiger partial charge in [-0.25, -0.2) is 0 Å². The van der Waals surface area contributed by atoms with Crippen molar-refractivity contribution >= 4 is 40.6 Å². The Morgan fingerprint density at radius 3 is 2.53 bits per heavy atom. The lowest BCUT2D eigenvalue weighted by Gasteiger charge is -2.35. The molecule has 0 spiro atoms. The SMILES string of the molecule is CN[C@@H](C)C(=O)N[C@H](C(=O)N1C[C@@H](NI)C[C@H]1C(=O)N[C@H]1CCCc2ccccc21)C1CCCCC1. The molecule has 4 rings (SSSR count). The maximum atomic E-state index is 14.0. The van der Waals surface area contributed by atoms with Gasteiger partial charge in [0, 0.05) is 35.5 Å². The first-order valence-electron chi connectivity index (χ1n) is 13.4. The molecule has 1 heterocycles. The van der Waals surface area contributed by atoms with E-state index in [1.807, 2.05) is 12.1 Å². The summed E-state index contributed by atoms with van der Waals surface area (Å²) in [5.74, 6) is -0.308. The number of hydrogen-bond acceptors (Lipinski definition) is 5. The highest BCUT2D eigenvalue weighted by molar-refractivity contribution is 14.1. The van der Waals surface area contributed by atoms with Crippen LogP contribution in [0.1, 0.15) is 75.5 Å². The van der Waals surface area contributed by atoms with Gasteiger partial charge in [0.25, 0.3) is 0 Å². The first-order valence-corrected chi connectivity index (χ1v) is 14.5. The van der Waals surface area contributed by atoms with Crippen LogP contribution in [0.5, 0.6) is 0 Å². The Kier molecular flexibility index (Phi) is 9.63. The van der Waals surface area contributed by atoms with Gasteiger partial charge in [-0.3, -0.25) is 17.9 Å². The average Bonchev–Trinajstić information content (AvgIpc) is 3.36. The van der Waals surface area contributed by atoms with Crippen molar-refractivity contribution in [3.63, 3.8) is 0 Å². The number of likely N-dealkylation sites (tertiary alicyclic amines) is 1. The average molecular weight is 610 g/mol. The molecule has 198 valence electrons. The maximum absolute atomic E-state index is 14.0.